The van der Waals surface area contributed by atoms with Crippen LogP contribution in [0.4, 0.5) is 10.1 Å². The molecule has 4 rings (SSSR count). The van der Waals surface area contributed by atoms with Crippen molar-refractivity contribution in [2.75, 3.05) is 26.2 Å². The van der Waals surface area contributed by atoms with Crippen LogP contribution in [0.3, 0.4) is 0 Å². The van der Waals surface area contributed by atoms with Gasteiger partial charge in [-0.05, 0) is 53.9 Å². The van der Waals surface area contributed by atoms with Crippen LogP contribution in [0.1, 0.15) is 27.0 Å². The molecule has 1 aliphatic heterocycles. The summed E-state index contributed by atoms with van der Waals surface area (Å²) in [6.45, 7) is 5.32. The molecule has 0 bridgehead atoms. The van der Waals surface area contributed by atoms with Crippen molar-refractivity contribution >= 4 is 11.6 Å². The SMILES string of the molecule is Cc1ccc(OCc2cccc(C(=O)N3CCN(Cc4ccc(F)cc4)CC3)c2)c([N+](=O)[O-])c1. The maximum Gasteiger partial charge on any atom is 0.311 e. The van der Waals surface area contributed by atoms with E-state index in [9.17, 15) is 19.3 Å². The van der Waals surface area contributed by atoms with E-state index in [1.165, 1.54) is 18.2 Å². The zero-order valence-corrected chi connectivity index (χ0v) is 18.9. The lowest BCUT2D eigenvalue weighted by molar-refractivity contribution is -0.386. The zero-order chi connectivity index (χ0) is 24.1. The van der Waals surface area contributed by atoms with Gasteiger partial charge >= 0.3 is 5.69 Å². The molecule has 1 saturated heterocycles. The first kappa shape index (κ1) is 23.4. The van der Waals surface area contributed by atoms with Crippen molar-refractivity contribution in [3.05, 3.63) is 105 Å². The molecule has 1 amide bonds. The molecule has 7 nitrogen and oxygen atoms in total. The van der Waals surface area contributed by atoms with Crippen LogP contribution in [0.2, 0.25) is 0 Å². The molecule has 0 N–H and O–H groups in total. The van der Waals surface area contributed by atoms with Crippen LogP contribution in [-0.4, -0.2) is 46.8 Å². The molecule has 0 atom stereocenters. The normalized spacial score (nSPS) is 14.1. The molecule has 0 aliphatic carbocycles. The van der Waals surface area contributed by atoms with E-state index >= 15 is 0 Å². The first-order chi connectivity index (χ1) is 16.4. The van der Waals surface area contributed by atoms with Crippen molar-refractivity contribution in [3.8, 4) is 5.75 Å². The first-order valence-electron chi connectivity index (χ1n) is 11.1. The highest BCUT2D eigenvalue weighted by Gasteiger charge is 2.22. The van der Waals surface area contributed by atoms with E-state index in [-0.39, 0.29) is 29.8 Å². The molecule has 0 radical (unpaired) electrons. The summed E-state index contributed by atoms with van der Waals surface area (Å²) in [7, 11) is 0. The Morgan fingerprint density at radius 1 is 1.00 bits per heavy atom. The molecule has 1 heterocycles. The number of halogens is 1. The second-order valence-electron chi connectivity index (χ2n) is 8.41. The lowest BCUT2D eigenvalue weighted by atomic mass is 10.1. The van der Waals surface area contributed by atoms with Gasteiger partial charge in [-0.1, -0.05) is 30.3 Å². The number of benzene rings is 3. The number of nitro groups is 1. The topological polar surface area (TPSA) is 75.9 Å². The number of carbonyl (C=O) groups excluding carboxylic acids is 1. The Morgan fingerprint density at radius 3 is 2.44 bits per heavy atom. The minimum atomic E-state index is -0.460. The van der Waals surface area contributed by atoms with Crippen molar-refractivity contribution in [2.45, 2.75) is 20.1 Å². The highest BCUT2D eigenvalue weighted by molar-refractivity contribution is 5.94. The number of rotatable bonds is 7. The van der Waals surface area contributed by atoms with Gasteiger partial charge in [0.2, 0.25) is 0 Å². The van der Waals surface area contributed by atoms with E-state index in [1.54, 1.807) is 49.4 Å². The van der Waals surface area contributed by atoms with Crippen molar-refractivity contribution in [1.29, 1.82) is 0 Å². The van der Waals surface area contributed by atoms with Gasteiger partial charge in [-0.25, -0.2) is 4.39 Å². The summed E-state index contributed by atoms with van der Waals surface area (Å²) < 4.78 is 18.8. The Balaban J connectivity index is 1.34. The molecule has 176 valence electrons. The van der Waals surface area contributed by atoms with E-state index in [4.69, 9.17) is 4.74 Å². The average molecular weight is 464 g/mol. The van der Waals surface area contributed by atoms with E-state index in [0.717, 1.165) is 36.3 Å². The van der Waals surface area contributed by atoms with E-state index < -0.39 is 4.92 Å². The Hall–Kier alpha value is -3.78. The predicted molar refractivity (Wildman–Crippen MR) is 126 cm³/mol. The number of nitrogens with zero attached hydrogens (tertiary/aromatic N) is 3. The minimum Gasteiger partial charge on any atom is -0.482 e. The third-order valence-electron chi connectivity index (χ3n) is 5.86. The van der Waals surface area contributed by atoms with Gasteiger partial charge in [0, 0.05) is 44.4 Å². The van der Waals surface area contributed by atoms with Gasteiger partial charge in [-0.2, -0.15) is 0 Å². The number of piperazine rings is 1. The van der Waals surface area contributed by atoms with Gasteiger partial charge in [-0.15, -0.1) is 0 Å². The number of amides is 1. The fraction of sp³-hybridized carbons (Fsp3) is 0.269. The molecule has 0 saturated carbocycles. The Labute approximate surface area is 197 Å². The summed E-state index contributed by atoms with van der Waals surface area (Å²) in [6, 6.07) is 18.5. The number of hydrogen-bond acceptors (Lipinski definition) is 5. The monoisotopic (exact) mass is 463 g/mol. The largest absolute Gasteiger partial charge is 0.482 e. The van der Waals surface area contributed by atoms with Gasteiger partial charge in [-0.3, -0.25) is 19.8 Å². The van der Waals surface area contributed by atoms with Crippen molar-refractivity contribution in [3.63, 3.8) is 0 Å². The zero-order valence-electron chi connectivity index (χ0n) is 18.9. The van der Waals surface area contributed by atoms with Gasteiger partial charge in [0.15, 0.2) is 5.75 Å². The van der Waals surface area contributed by atoms with Crippen molar-refractivity contribution < 1.29 is 18.8 Å². The average Bonchev–Trinajstić information content (AvgIpc) is 2.85. The Kier molecular flexibility index (Phi) is 7.18. The fourth-order valence-electron chi connectivity index (χ4n) is 3.99. The summed E-state index contributed by atoms with van der Waals surface area (Å²) >= 11 is 0. The molecule has 3 aromatic carbocycles. The Bertz CT molecular complexity index is 1170. The highest BCUT2D eigenvalue weighted by atomic mass is 19.1. The third kappa shape index (κ3) is 5.77. The molecule has 0 spiro atoms. The van der Waals surface area contributed by atoms with Crippen LogP contribution < -0.4 is 4.74 Å². The van der Waals surface area contributed by atoms with Gasteiger partial charge < -0.3 is 9.64 Å². The van der Waals surface area contributed by atoms with Gasteiger partial charge in [0.05, 0.1) is 4.92 Å². The van der Waals surface area contributed by atoms with Crippen LogP contribution in [-0.2, 0) is 13.2 Å². The summed E-state index contributed by atoms with van der Waals surface area (Å²) in [5.41, 5.74) is 3.07. The second-order valence-corrected chi connectivity index (χ2v) is 8.41. The quantitative estimate of drug-likeness (QED) is 0.379. The van der Waals surface area contributed by atoms with E-state index in [1.807, 2.05) is 11.0 Å². The third-order valence-corrected chi connectivity index (χ3v) is 5.86. The minimum absolute atomic E-state index is 0.0513. The molecule has 34 heavy (non-hydrogen) atoms. The molecular weight excluding hydrogens is 437 g/mol. The lowest BCUT2D eigenvalue weighted by Gasteiger charge is -2.34. The number of hydrogen-bond donors (Lipinski definition) is 0. The summed E-state index contributed by atoms with van der Waals surface area (Å²) in [6.07, 6.45) is 0. The van der Waals surface area contributed by atoms with Crippen LogP contribution in [0.5, 0.6) is 5.75 Å². The summed E-state index contributed by atoms with van der Waals surface area (Å²) in [5, 5.41) is 11.3. The van der Waals surface area contributed by atoms with Crippen LogP contribution >= 0.6 is 0 Å². The van der Waals surface area contributed by atoms with Gasteiger partial charge in [0.25, 0.3) is 5.91 Å². The molecule has 3 aromatic rings. The molecule has 0 aromatic heterocycles. The maximum absolute atomic E-state index is 13.1. The van der Waals surface area contributed by atoms with Crippen LogP contribution in [0, 0.1) is 22.9 Å². The summed E-state index contributed by atoms with van der Waals surface area (Å²) in [4.78, 5) is 28.0. The van der Waals surface area contributed by atoms with Crippen LogP contribution in [0.25, 0.3) is 0 Å². The first-order valence-corrected chi connectivity index (χ1v) is 11.1. The second kappa shape index (κ2) is 10.4. The number of ether oxygens (including phenoxy) is 1. The maximum atomic E-state index is 13.1. The summed E-state index contributed by atoms with van der Waals surface area (Å²) in [5.74, 6) is -0.0990. The fourth-order valence-corrected chi connectivity index (χ4v) is 3.99. The molecule has 8 heteroatoms. The number of nitro benzene ring substituents is 1. The van der Waals surface area contributed by atoms with E-state index in [2.05, 4.69) is 4.90 Å². The predicted octanol–water partition coefficient (Wildman–Crippen LogP) is 4.58. The Morgan fingerprint density at radius 2 is 1.74 bits per heavy atom. The number of carbonyl (C=O) groups is 1. The van der Waals surface area contributed by atoms with Gasteiger partial charge in [0.1, 0.15) is 12.4 Å². The molecule has 1 aliphatic rings. The van der Waals surface area contributed by atoms with Crippen LogP contribution in [0.15, 0.2) is 66.7 Å². The molecular formula is C26H26FN3O4. The molecule has 0 unspecified atom stereocenters. The lowest BCUT2D eigenvalue weighted by Crippen LogP contribution is -2.48. The van der Waals surface area contributed by atoms with Crippen molar-refractivity contribution in [2.24, 2.45) is 0 Å². The van der Waals surface area contributed by atoms with E-state index in [0.29, 0.717) is 18.7 Å². The molecule has 1 fully saturated rings. The number of aryl methyl sites for hydroxylation is 1. The highest BCUT2D eigenvalue weighted by Crippen LogP contribution is 2.28. The smallest absolute Gasteiger partial charge is 0.311 e. The van der Waals surface area contributed by atoms with Crippen molar-refractivity contribution in [1.82, 2.24) is 9.80 Å². The standard InChI is InChI=1S/C26H26FN3O4/c1-19-5-10-25(24(15-19)30(32)33)34-18-21-3-2-4-22(16-21)26(31)29-13-11-28(12-14-29)17-20-6-8-23(27)9-7-20/h2-10,15-16H,11-14,17-18H2,1H3.